The summed E-state index contributed by atoms with van der Waals surface area (Å²) in [6.07, 6.45) is 1.09. The van der Waals surface area contributed by atoms with Crippen LogP contribution >= 0.6 is 0 Å². The van der Waals surface area contributed by atoms with Crippen LogP contribution in [0.4, 0.5) is 4.39 Å². The molecule has 0 saturated carbocycles. The number of hydrogen-bond donors (Lipinski definition) is 1. The van der Waals surface area contributed by atoms with Gasteiger partial charge in [0.25, 0.3) is 0 Å². The Morgan fingerprint density at radius 3 is 2.37 bits per heavy atom. The molecule has 38 heavy (non-hydrogen) atoms. The second-order valence-electron chi connectivity index (χ2n) is 10.6. The Labute approximate surface area is 225 Å². The number of nitrogens with one attached hydrogen (secondary N) is 1. The highest BCUT2D eigenvalue weighted by molar-refractivity contribution is 7.89. The standard InChI is InChI=1S/C29H38FN3O4S/c1-8-16-33-24(26(28(34)37-9-2)27(31-33)19(3)4)18-20-14-15-21(23(30)17-20)22-12-10-11-13-25(22)38(35,36)32-29(5,6)7/h10-15,17,19,32H,8-9,16,18H2,1-7H3. The molecule has 1 aromatic heterocycles. The smallest absolute Gasteiger partial charge is 0.341 e. The van der Waals surface area contributed by atoms with Gasteiger partial charge in [0.15, 0.2) is 0 Å². The maximum Gasteiger partial charge on any atom is 0.341 e. The van der Waals surface area contributed by atoms with Crippen molar-refractivity contribution in [2.75, 3.05) is 6.61 Å². The van der Waals surface area contributed by atoms with E-state index in [0.29, 0.717) is 29.1 Å². The third-order valence-electron chi connectivity index (χ3n) is 5.86. The van der Waals surface area contributed by atoms with Crippen LogP contribution in [0.3, 0.4) is 0 Å². The maximum absolute atomic E-state index is 15.6. The fraction of sp³-hybridized carbons (Fsp3) is 0.448. The van der Waals surface area contributed by atoms with E-state index in [4.69, 9.17) is 9.84 Å². The van der Waals surface area contributed by atoms with Crippen molar-refractivity contribution >= 4 is 16.0 Å². The van der Waals surface area contributed by atoms with Crippen molar-refractivity contribution in [1.29, 1.82) is 0 Å². The number of carbonyl (C=O) groups is 1. The number of hydrogen-bond acceptors (Lipinski definition) is 5. The second-order valence-corrected chi connectivity index (χ2v) is 12.3. The minimum absolute atomic E-state index is 0.00512. The number of ether oxygens (including phenoxy) is 1. The van der Waals surface area contributed by atoms with Crippen molar-refractivity contribution in [2.45, 2.75) is 84.2 Å². The maximum atomic E-state index is 15.6. The van der Waals surface area contributed by atoms with Gasteiger partial charge >= 0.3 is 5.97 Å². The molecule has 0 saturated heterocycles. The number of nitrogens with zero attached hydrogens (tertiary/aromatic N) is 2. The van der Waals surface area contributed by atoms with Gasteiger partial charge in [0.2, 0.25) is 10.0 Å². The summed E-state index contributed by atoms with van der Waals surface area (Å²) in [5, 5.41) is 4.70. The van der Waals surface area contributed by atoms with Crippen LogP contribution in [0.25, 0.3) is 11.1 Å². The lowest BCUT2D eigenvalue weighted by atomic mass is 9.98. The predicted octanol–water partition coefficient (Wildman–Crippen LogP) is 6.07. The minimum atomic E-state index is -3.89. The van der Waals surface area contributed by atoms with Gasteiger partial charge in [0.1, 0.15) is 11.4 Å². The molecule has 1 N–H and O–H groups in total. The Morgan fingerprint density at radius 2 is 1.79 bits per heavy atom. The van der Waals surface area contributed by atoms with Crippen molar-refractivity contribution < 1.29 is 22.3 Å². The van der Waals surface area contributed by atoms with E-state index in [-0.39, 0.29) is 35.0 Å². The molecule has 0 atom stereocenters. The molecule has 0 aliphatic rings. The van der Waals surface area contributed by atoms with Crippen LogP contribution in [-0.4, -0.2) is 36.3 Å². The highest BCUT2D eigenvalue weighted by atomic mass is 32.2. The number of halogens is 1. The van der Waals surface area contributed by atoms with Gasteiger partial charge < -0.3 is 4.74 Å². The number of benzene rings is 2. The van der Waals surface area contributed by atoms with Crippen LogP contribution in [0.2, 0.25) is 0 Å². The van der Waals surface area contributed by atoms with E-state index in [9.17, 15) is 13.2 Å². The first-order chi connectivity index (χ1) is 17.8. The van der Waals surface area contributed by atoms with Crippen LogP contribution in [0.1, 0.15) is 88.1 Å². The highest BCUT2D eigenvalue weighted by Crippen LogP contribution is 2.32. The van der Waals surface area contributed by atoms with Gasteiger partial charge in [0.05, 0.1) is 22.9 Å². The first-order valence-electron chi connectivity index (χ1n) is 13.0. The summed E-state index contributed by atoms with van der Waals surface area (Å²) in [4.78, 5) is 12.9. The fourth-order valence-electron chi connectivity index (χ4n) is 4.39. The predicted molar refractivity (Wildman–Crippen MR) is 147 cm³/mol. The molecule has 0 aliphatic carbocycles. The lowest BCUT2D eigenvalue weighted by Gasteiger charge is -2.21. The molecular formula is C29H38FN3O4S. The summed E-state index contributed by atoms with van der Waals surface area (Å²) in [5.41, 5.74) is 2.18. The zero-order valence-corrected chi connectivity index (χ0v) is 24.1. The average molecular weight is 544 g/mol. The summed E-state index contributed by atoms with van der Waals surface area (Å²) < 4.78 is 51.5. The number of carbonyl (C=O) groups excluding carboxylic acids is 1. The van der Waals surface area contributed by atoms with Crippen molar-refractivity contribution in [3.63, 3.8) is 0 Å². The van der Waals surface area contributed by atoms with Crippen LogP contribution in [0.5, 0.6) is 0 Å². The number of sulfonamides is 1. The quantitative estimate of drug-likeness (QED) is 0.314. The number of aromatic nitrogens is 2. The SMILES string of the molecule is CCCn1nc(C(C)C)c(C(=O)OCC)c1Cc1ccc(-c2ccccc2S(=O)(=O)NC(C)(C)C)c(F)c1. The molecule has 3 aromatic rings. The summed E-state index contributed by atoms with van der Waals surface area (Å²) in [5.74, 6) is -0.981. The minimum Gasteiger partial charge on any atom is -0.462 e. The number of aryl methyl sites for hydroxylation is 1. The zero-order valence-electron chi connectivity index (χ0n) is 23.3. The van der Waals surface area contributed by atoms with Gasteiger partial charge in [0, 0.05) is 29.6 Å². The van der Waals surface area contributed by atoms with E-state index >= 15 is 4.39 Å². The highest BCUT2D eigenvalue weighted by Gasteiger charge is 2.28. The third-order valence-corrected chi connectivity index (χ3v) is 7.68. The molecule has 0 radical (unpaired) electrons. The molecule has 0 spiro atoms. The van der Waals surface area contributed by atoms with Gasteiger partial charge in [-0.1, -0.05) is 51.1 Å². The van der Waals surface area contributed by atoms with Gasteiger partial charge in [-0.25, -0.2) is 22.3 Å². The van der Waals surface area contributed by atoms with Gasteiger partial charge in [-0.3, -0.25) is 4.68 Å². The van der Waals surface area contributed by atoms with Crippen LogP contribution < -0.4 is 4.72 Å². The number of rotatable bonds is 10. The topological polar surface area (TPSA) is 90.3 Å². The monoisotopic (exact) mass is 543 g/mol. The fourth-order valence-corrected chi connectivity index (χ4v) is 6.03. The molecule has 7 nitrogen and oxygen atoms in total. The van der Waals surface area contributed by atoms with E-state index in [1.54, 1.807) is 58.0 Å². The molecule has 0 amide bonds. The van der Waals surface area contributed by atoms with Crippen molar-refractivity contribution in [1.82, 2.24) is 14.5 Å². The third kappa shape index (κ3) is 6.69. The molecule has 2 aromatic carbocycles. The summed E-state index contributed by atoms with van der Waals surface area (Å²) in [6.45, 7) is 13.8. The number of esters is 1. The van der Waals surface area contributed by atoms with Crippen LogP contribution in [0.15, 0.2) is 47.4 Å². The first kappa shape index (κ1) is 29.5. The molecule has 0 fully saturated rings. The van der Waals surface area contributed by atoms with Crippen molar-refractivity contribution in [3.05, 3.63) is 70.8 Å². The molecule has 0 bridgehead atoms. The normalized spacial score (nSPS) is 12.2. The molecule has 0 aliphatic heterocycles. The van der Waals surface area contributed by atoms with Crippen molar-refractivity contribution in [2.24, 2.45) is 0 Å². The Bertz CT molecular complexity index is 1410. The summed E-state index contributed by atoms with van der Waals surface area (Å²) >= 11 is 0. The second kappa shape index (κ2) is 11.8. The lowest BCUT2D eigenvalue weighted by molar-refractivity contribution is 0.0523. The Balaban J connectivity index is 2.07. The van der Waals surface area contributed by atoms with Crippen molar-refractivity contribution in [3.8, 4) is 11.1 Å². The average Bonchev–Trinajstić information content (AvgIpc) is 3.16. The van der Waals surface area contributed by atoms with E-state index in [2.05, 4.69) is 4.72 Å². The van der Waals surface area contributed by atoms with E-state index in [1.807, 2.05) is 25.5 Å². The molecule has 9 heteroatoms. The summed E-state index contributed by atoms with van der Waals surface area (Å²) in [6, 6.07) is 11.1. The largest absolute Gasteiger partial charge is 0.462 e. The first-order valence-corrected chi connectivity index (χ1v) is 14.5. The van der Waals surface area contributed by atoms with Crippen LogP contribution in [-0.2, 0) is 27.7 Å². The van der Waals surface area contributed by atoms with Crippen LogP contribution in [0, 0.1) is 5.82 Å². The Morgan fingerprint density at radius 1 is 1.11 bits per heavy atom. The Kier molecular flexibility index (Phi) is 9.15. The van der Waals surface area contributed by atoms with Gasteiger partial charge in [-0.2, -0.15) is 5.10 Å². The molecule has 3 rings (SSSR count). The zero-order chi connectivity index (χ0) is 28.3. The van der Waals surface area contributed by atoms with E-state index in [1.165, 1.54) is 12.1 Å². The van der Waals surface area contributed by atoms with E-state index < -0.39 is 27.3 Å². The lowest BCUT2D eigenvalue weighted by Crippen LogP contribution is -2.40. The molecule has 206 valence electrons. The van der Waals surface area contributed by atoms with Gasteiger partial charge in [-0.05, 0) is 57.7 Å². The summed E-state index contributed by atoms with van der Waals surface area (Å²) in [7, 11) is -3.89. The molecule has 0 unspecified atom stereocenters. The molecule has 1 heterocycles. The Hall–Kier alpha value is -3.04. The van der Waals surface area contributed by atoms with E-state index in [0.717, 1.165) is 6.42 Å². The molecular weight excluding hydrogens is 505 g/mol. The van der Waals surface area contributed by atoms with Gasteiger partial charge in [-0.15, -0.1) is 0 Å².